The van der Waals surface area contributed by atoms with E-state index in [0.717, 1.165) is 19.3 Å². The molecule has 1 aliphatic rings. The molecule has 0 aromatic rings. The van der Waals surface area contributed by atoms with Crippen LogP contribution in [0.2, 0.25) is 0 Å². The summed E-state index contributed by atoms with van der Waals surface area (Å²) in [5.74, 6) is 0. The molecule has 1 aliphatic heterocycles. The number of aliphatic hydroxyl groups is 1. The van der Waals surface area contributed by atoms with E-state index in [9.17, 15) is 0 Å². The number of hydrogen-bond donors (Lipinski definition) is 1. The van der Waals surface area contributed by atoms with Gasteiger partial charge in [-0.1, -0.05) is 0 Å². The molecule has 0 aliphatic carbocycles. The molecule has 1 fully saturated rings. The van der Waals surface area contributed by atoms with Gasteiger partial charge in [-0.3, -0.25) is 0 Å². The van der Waals surface area contributed by atoms with Crippen LogP contribution >= 0.6 is 0 Å². The van der Waals surface area contributed by atoms with Crippen molar-refractivity contribution in [2.24, 2.45) is 0 Å². The molecule has 0 unspecified atom stereocenters. The first-order chi connectivity index (χ1) is 9.23. The molecule has 0 saturated carbocycles. The van der Waals surface area contributed by atoms with E-state index in [1.807, 2.05) is 0 Å². The molecule has 6 nitrogen and oxygen atoms in total. The molecule has 0 radical (unpaired) electrons. The highest BCUT2D eigenvalue weighted by Gasteiger charge is 2.46. The predicted molar refractivity (Wildman–Crippen MR) is 69.0 cm³/mol. The zero-order valence-electron chi connectivity index (χ0n) is 12.2. The zero-order valence-corrected chi connectivity index (χ0v) is 12.2. The summed E-state index contributed by atoms with van der Waals surface area (Å²) in [6.07, 6.45) is 1.03. The normalized spacial score (nSPS) is 35.5. The summed E-state index contributed by atoms with van der Waals surface area (Å²) in [5, 5.41) is 8.85. The minimum Gasteiger partial charge on any atom is -0.396 e. The summed E-state index contributed by atoms with van der Waals surface area (Å²) < 4.78 is 27.6. The fourth-order valence-electron chi connectivity index (χ4n) is 2.56. The summed E-state index contributed by atoms with van der Waals surface area (Å²) in [6, 6.07) is 0. The third kappa shape index (κ3) is 4.11. The Hall–Kier alpha value is -0.240. The van der Waals surface area contributed by atoms with Gasteiger partial charge >= 0.3 is 0 Å². The van der Waals surface area contributed by atoms with Crippen LogP contribution in [0.3, 0.4) is 0 Å². The molecule has 114 valence electrons. The molecule has 0 spiro atoms. The summed E-state index contributed by atoms with van der Waals surface area (Å²) >= 11 is 0. The van der Waals surface area contributed by atoms with Gasteiger partial charge in [0, 0.05) is 35.0 Å². The van der Waals surface area contributed by atoms with Crippen molar-refractivity contribution >= 4 is 0 Å². The second-order valence-electron chi connectivity index (χ2n) is 4.60. The molecule has 5 atom stereocenters. The predicted octanol–water partition coefficient (Wildman–Crippen LogP) is 0.565. The Morgan fingerprint density at radius 3 is 1.95 bits per heavy atom. The maximum Gasteiger partial charge on any atom is 0.186 e. The molecule has 0 aromatic heterocycles. The van der Waals surface area contributed by atoms with Gasteiger partial charge in [-0.2, -0.15) is 0 Å². The van der Waals surface area contributed by atoms with E-state index in [0.29, 0.717) is 0 Å². The van der Waals surface area contributed by atoms with Gasteiger partial charge in [0.25, 0.3) is 0 Å². The topological polar surface area (TPSA) is 66.4 Å². The second-order valence-corrected chi connectivity index (χ2v) is 4.60. The van der Waals surface area contributed by atoms with Crippen molar-refractivity contribution < 1.29 is 28.8 Å². The fraction of sp³-hybridized carbons (Fsp3) is 1.00. The molecule has 6 heteroatoms. The van der Waals surface area contributed by atoms with Crippen LogP contribution in [0.4, 0.5) is 0 Å². The lowest BCUT2D eigenvalue weighted by Gasteiger charge is -2.44. The standard InChI is InChI=1S/C13H26O6/c1-15-10-9(7-5-6-8-14)19-13(18-4)12(17-3)11(10)16-2/h9-14H,5-8H2,1-4H3/t9-,10-,11+,12-,13+/m1/s1. The molecular formula is C13H26O6. The van der Waals surface area contributed by atoms with Crippen molar-refractivity contribution in [1.82, 2.24) is 0 Å². The molecule has 1 rings (SSSR count). The fourth-order valence-corrected chi connectivity index (χ4v) is 2.56. The van der Waals surface area contributed by atoms with Crippen molar-refractivity contribution in [1.29, 1.82) is 0 Å². The van der Waals surface area contributed by atoms with E-state index in [1.54, 1.807) is 28.4 Å². The van der Waals surface area contributed by atoms with Crippen LogP contribution in [0.5, 0.6) is 0 Å². The average Bonchev–Trinajstić information content (AvgIpc) is 2.45. The van der Waals surface area contributed by atoms with Crippen LogP contribution in [0.1, 0.15) is 19.3 Å². The van der Waals surface area contributed by atoms with E-state index >= 15 is 0 Å². The lowest BCUT2D eigenvalue weighted by atomic mass is 9.95. The van der Waals surface area contributed by atoms with Crippen molar-refractivity contribution in [2.75, 3.05) is 35.0 Å². The third-order valence-electron chi connectivity index (χ3n) is 3.54. The van der Waals surface area contributed by atoms with Gasteiger partial charge in [0.05, 0.1) is 6.10 Å². The number of aliphatic hydroxyl groups excluding tert-OH is 1. The van der Waals surface area contributed by atoms with E-state index in [1.165, 1.54) is 0 Å². The first-order valence-corrected chi connectivity index (χ1v) is 6.61. The summed E-state index contributed by atoms with van der Waals surface area (Å²) in [5.41, 5.74) is 0. The molecule has 1 heterocycles. The highest BCUT2D eigenvalue weighted by Crippen LogP contribution is 2.29. The molecule has 19 heavy (non-hydrogen) atoms. The highest BCUT2D eigenvalue weighted by molar-refractivity contribution is 4.92. The first-order valence-electron chi connectivity index (χ1n) is 6.61. The van der Waals surface area contributed by atoms with Crippen LogP contribution < -0.4 is 0 Å². The molecule has 0 aromatic carbocycles. The first kappa shape index (κ1) is 16.8. The second kappa shape index (κ2) is 8.84. The van der Waals surface area contributed by atoms with Crippen molar-refractivity contribution in [3.63, 3.8) is 0 Å². The number of unbranched alkanes of at least 4 members (excludes halogenated alkanes) is 1. The van der Waals surface area contributed by atoms with Gasteiger partial charge in [0.1, 0.15) is 18.3 Å². The van der Waals surface area contributed by atoms with Crippen molar-refractivity contribution in [3.05, 3.63) is 0 Å². The Morgan fingerprint density at radius 2 is 1.47 bits per heavy atom. The Kier molecular flexibility index (Phi) is 7.82. The summed E-state index contributed by atoms with van der Waals surface area (Å²) in [7, 11) is 6.46. The van der Waals surface area contributed by atoms with Crippen LogP contribution in [0, 0.1) is 0 Å². The average molecular weight is 278 g/mol. The van der Waals surface area contributed by atoms with Gasteiger partial charge in [-0.25, -0.2) is 0 Å². The number of hydrogen-bond acceptors (Lipinski definition) is 6. The maximum absolute atomic E-state index is 8.85. The lowest BCUT2D eigenvalue weighted by molar-refractivity contribution is -0.303. The molecule has 1 saturated heterocycles. The smallest absolute Gasteiger partial charge is 0.186 e. The zero-order chi connectivity index (χ0) is 14.3. The van der Waals surface area contributed by atoms with Crippen LogP contribution in [-0.2, 0) is 23.7 Å². The number of methoxy groups -OCH3 is 4. The minimum atomic E-state index is -0.472. The van der Waals surface area contributed by atoms with Crippen LogP contribution in [-0.4, -0.2) is 70.9 Å². The number of ether oxygens (including phenoxy) is 5. The molecule has 0 amide bonds. The Morgan fingerprint density at radius 1 is 0.842 bits per heavy atom. The van der Waals surface area contributed by atoms with Gasteiger partial charge in [0.2, 0.25) is 0 Å². The Bertz CT molecular complexity index is 237. The monoisotopic (exact) mass is 278 g/mol. The highest BCUT2D eigenvalue weighted by atomic mass is 16.7. The van der Waals surface area contributed by atoms with E-state index < -0.39 is 6.29 Å². The quantitative estimate of drug-likeness (QED) is 0.655. The lowest BCUT2D eigenvalue weighted by Crippen LogP contribution is -2.59. The molecular weight excluding hydrogens is 252 g/mol. The van der Waals surface area contributed by atoms with E-state index in [2.05, 4.69) is 0 Å². The summed E-state index contributed by atoms with van der Waals surface area (Å²) in [4.78, 5) is 0. The molecule has 1 N–H and O–H groups in total. The third-order valence-corrected chi connectivity index (χ3v) is 3.54. The van der Waals surface area contributed by atoms with Crippen LogP contribution in [0.15, 0.2) is 0 Å². The Labute approximate surface area is 114 Å². The van der Waals surface area contributed by atoms with Crippen molar-refractivity contribution in [3.8, 4) is 0 Å². The Balaban J connectivity index is 2.74. The van der Waals surface area contributed by atoms with Gasteiger partial charge in [-0.15, -0.1) is 0 Å². The minimum absolute atomic E-state index is 0.127. The largest absolute Gasteiger partial charge is 0.396 e. The van der Waals surface area contributed by atoms with E-state index in [-0.39, 0.29) is 31.0 Å². The van der Waals surface area contributed by atoms with Crippen LogP contribution in [0.25, 0.3) is 0 Å². The summed E-state index contributed by atoms with van der Waals surface area (Å²) in [6.45, 7) is 0.187. The van der Waals surface area contributed by atoms with Gasteiger partial charge in [0.15, 0.2) is 6.29 Å². The van der Waals surface area contributed by atoms with Crippen molar-refractivity contribution in [2.45, 2.75) is 50.0 Å². The van der Waals surface area contributed by atoms with E-state index in [4.69, 9.17) is 28.8 Å². The SMILES string of the molecule is CO[C@H]1O[C@H](CCCCO)[C@@H](OC)[C@H](OC)[C@H]1OC. The number of rotatable bonds is 8. The van der Waals surface area contributed by atoms with Gasteiger partial charge < -0.3 is 28.8 Å². The van der Waals surface area contributed by atoms with Gasteiger partial charge in [-0.05, 0) is 19.3 Å². The molecule has 0 bridgehead atoms. The maximum atomic E-state index is 8.85.